The van der Waals surface area contributed by atoms with Crippen molar-refractivity contribution in [2.75, 3.05) is 0 Å². The molecule has 20 heavy (non-hydrogen) atoms. The summed E-state index contributed by atoms with van der Waals surface area (Å²) < 4.78 is 0. The molecule has 0 atom stereocenters. The summed E-state index contributed by atoms with van der Waals surface area (Å²) >= 11 is 0. The average Bonchev–Trinajstić information content (AvgIpc) is 2.45. The van der Waals surface area contributed by atoms with Gasteiger partial charge < -0.3 is 0 Å². The Balaban J connectivity index is 2.77. The van der Waals surface area contributed by atoms with Crippen molar-refractivity contribution in [2.24, 2.45) is 5.10 Å². The van der Waals surface area contributed by atoms with Crippen LogP contribution in [0.2, 0.25) is 0 Å². The summed E-state index contributed by atoms with van der Waals surface area (Å²) in [5.74, 6) is -0.432. The van der Waals surface area contributed by atoms with Gasteiger partial charge in [0.15, 0.2) is 0 Å². The molecule has 0 unspecified atom stereocenters. The van der Waals surface area contributed by atoms with Crippen molar-refractivity contribution in [2.45, 2.75) is 39.5 Å². The number of nitrogens with one attached hydrogen (secondary N) is 1. The summed E-state index contributed by atoms with van der Waals surface area (Å²) in [6, 6.07) is 5.59. The van der Waals surface area contributed by atoms with E-state index in [1.54, 1.807) is 0 Å². The first-order chi connectivity index (χ1) is 9.58. The van der Waals surface area contributed by atoms with E-state index >= 15 is 0 Å². The summed E-state index contributed by atoms with van der Waals surface area (Å²) in [5, 5.41) is 14.8. The number of carbonyl (C=O) groups is 1. The van der Waals surface area contributed by atoms with E-state index in [0.717, 1.165) is 31.4 Å². The van der Waals surface area contributed by atoms with E-state index in [0.29, 0.717) is 0 Å². The highest BCUT2D eigenvalue weighted by molar-refractivity contribution is 5.96. The maximum atomic E-state index is 11.9. The lowest BCUT2D eigenvalue weighted by molar-refractivity contribution is -0.384. The molecule has 0 bridgehead atoms. The van der Waals surface area contributed by atoms with Gasteiger partial charge in [-0.1, -0.05) is 32.8 Å². The average molecular weight is 277 g/mol. The quantitative estimate of drug-likeness (QED) is 0.471. The van der Waals surface area contributed by atoms with Crippen LogP contribution < -0.4 is 5.43 Å². The summed E-state index contributed by atoms with van der Waals surface area (Å²) in [6.07, 6.45) is 3.60. The van der Waals surface area contributed by atoms with Crippen LogP contribution in [-0.4, -0.2) is 16.5 Å². The number of benzene rings is 1. The molecule has 0 aromatic heterocycles. The molecule has 6 heteroatoms. The Morgan fingerprint density at radius 1 is 1.30 bits per heavy atom. The van der Waals surface area contributed by atoms with Crippen molar-refractivity contribution < 1.29 is 9.72 Å². The smallest absolute Gasteiger partial charge is 0.267 e. The van der Waals surface area contributed by atoms with Crippen molar-refractivity contribution in [3.05, 3.63) is 39.9 Å². The fourth-order valence-corrected chi connectivity index (χ4v) is 1.77. The first kappa shape index (κ1) is 15.8. The molecule has 1 aromatic rings. The van der Waals surface area contributed by atoms with Crippen LogP contribution in [0.1, 0.15) is 49.9 Å². The van der Waals surface area contributed by atoms with E-state index in [9.17, 15) is 14.9 Å². The van der Waals surface area contributed by atoms with Gasteiger partial charge in [-0.15, -0.1) is 0 Å². The number of nitro groups is 1. The largest absolute Gasteiger partial charge is 0.271 e. The molecule has 0 heterocycles. The van der Waals surface area contributed by atoms with Gasteiger partial charge in [0.2, 0.25) is 0 Å². The van der Waals surface area contributed by atoms with Gasteiger partial charge in [0.25, 0.3) is 11.6 Å². The Morgan fingerprint density at radius 2 is 1.95 bits per heavy atom. The molecule has 1 aromatic carbocycles. The van der Waals surface area contributed by atoms with Crippen molar-refractivity contribution >= 4 is 17.3 Å². The monoisotopic (exact) mass is 277 g/mol. The molecule has 0 spiro atoms. The third-order valence-corrected chi connectivity index (χ3v) is 2.71. The fraction of sp³-hybridized carbons (Fsp3) is 0.429. The van der Waals surface area contributed by atoms with Crippen LogP contribution in [0.15, 0.2) is 29.4 Å². The lowest BCUT2D eigenvalue weighted by atomic mass is 10.1. The first-order valence-corrected chi connectivity index (χ1v) is 6.68. The Labute approximate surface area is 118 Å². The van der Waals surface area contributed by atoms with E-state index in [2.05, 4.69) is 10.5 Å². The first-order valence-electron chi connectivity index (χ1n) is 6.68. The second kappa shape index (κ2) is 8.04. The highest BCUT2D eigenvalue weighted by atomic mass is 16.6. The molecule has 0 aliphatic heterocycles. The van der Waals surface area contributed by atoms with Gasteiger partial charge >= 0.3 is 0 Å². The molecule has 0 aliphatic rings. The number of hydrogen-bond acceptors (Lipinski definition) is 4. The van der Waals surface area contributed by atoms with Crippen LogP contribution in [-0.2, 0) is 0 Å². The van der Waals surface area contributed by atoms with Crippen molar-refractivity contribution in [1.29, 1.82) is 0 Å². The number of carbonyl (C=O) groups excluding carboxylic acids is 1. The zero-order chi connectivity index (χ0) is 15.0. The topological polar surface area (TPSA) is 84.6 Å². The summed E-state index contributed by atoms with van der Waals surface area (Å²) in [4.78, 5) is 22.0. The molecule has 1 rings (SSSR count). The molecule has 0 saturated heterocycles. The summed E-state index contributed by atoms with van der Waals surface area (Å²) in [5.41, 5.74) is 3.52. The van der Waals surface area contributed by atoms with Gasteiger partial charge in [0.1, 0.15) is 0 Å². The second-order valence-electron chi connectivity index (χ2n) is 4.43. The summed E-state index contributed by atoms with van der Waals surface area (Å²) in [7, 11) is 0. The number of non-ortho nitro benzene ring substituents is 1. The number of nitrogens with zero attached hydrogens (tertiary/aromatic N) is 2. The number of hydrogen-bond donors (Lipinski definition) is 1. The van der Waals surface area contributed by atoms with Crippen molar-refractivity contribution in [1.82, 2.24) is 5.43 Å². The molecular formula is C14H19N3O3. The minimum atomic E-state index is -0.528. The van der Waals surface area contributed by atoms with E-state index in [-0.39, 0.29) is 11.3 Å². The van der Waals surface area contributed by atoms with E-state index in [1.807, 2.05) is 13.8 Å². The van der Waals surface area contributed by atoms with Crippen LogP contribution in [0.4, 0.5) is 5.69 Å². The third-order valence-electron chi connectivity index (χ3n) is 2.71. The van der Waals surface area contributed by atoms with E-state index in [4.69, 9.17) is 0 Å². The van der Waals surface area contributed by atoms with Gasteiger partial charge in [0, 0.05) is 23.4 Å². The van der Waals surface area contributed by atoms with Gasteiger partial charge in [-0.2, -0.15) is 5.10 Å². The Hall–Kier alpha value is -2.24. The fourth-order valence-electron chi connectivity index (χ4n) is 1.77. The molecule has 1 amide bonds. The van der Waals surface area contributed by atoms with Crippen molar-refractivity contribution in [3.8, 4) is 0 Å². The standard InChI is InChI=1S/C14H19N3O3/c1-3-6-12(7-4-2)15-16-14(18)11-8-5-9-13(10-11)17(19)20/h5,8-10H,3-4,6-7H2,1-2H3,(H,16,18). The Kier molecular flexibility index (Phi) is 6.36. The predicted molar refractivity (Wildman–Crippen MR) is 77.8 cm³/mol. The van der Waals surface area contributed by atoms with Gasteiger partial charge in [-0.25, -0.2) is 5.43 Å². The predicted octanol–water partition coefficient (Wildman–Crippen LogP) is 3.28. The maximum Gasteiger partial charge on any atom is 0.271 e. The minimum Gasteiger partial charge on any atom is -0.267 e. The van der Waals surface area contributed by atoms with Crippen molar-refractivity contribution in [3.63, 3.8) is 0 Å². The van der Waals surface area contributed by atoms with Gasteiger partial charge in [0.05, 0.1) is 4.92 Å². The Morgan fingerprint density at radius 3 is 2.50 bits per heavy atom. The van der Waals surface area contributed by atoms with Gasteiger partial charge in [-0.05, 0) is 18.9 Å². The highest BCUT2D eigenvalue weighted by Crippen LogP contribution is 2.13. The molecule has 6 nitrogen and oxygen atoms in total. The van der Waals surface area contributed by atoms with Gasteiger partial charge in [-0.3, -0.25) is 14.9 Å². The third kappa shape index (κ3) is 4.79. The molecular weight excluding hydrogens is 258 g/mol. The SMILES string of the molecule is CCCC(CCC)=NNC(=O)c1cccc([N+](=O)[O-])c1. The molecule has 0 saturated carbocycles. The van der Waals surface area contributed by atoms with Crippen LogP contribution >= 0.6 is 0 Å². The van der Waals surface area contributed by atoms with E-state index in [1.165, 1.54) is 24.3 Å². The lowest BCUT2D eigenvalue weighted by Crippen LogP contribution is -2.19. The molecule has 1 N–H and O–H groups in total. The second-order valence-corrected chi connectivity index (χ2v) is 4.43. The minimum absolute atomic E-state index is 0.107. The van der Waals surface area contributed by atoms with Crippen LogP contribution in [0.25, 0.3) is 0 Å². The lowest BCUT2D eigenvalue weighted by Gasteiger charge is -2.05. The normalized spacial score (nSPS) is 9.90. The number of hydrazone groups is 1. The number of nitro benzene ring substituents is 1. The highest BCUT2D eigenvalue weighted by Gasteiger charge is 2.11. The molecule has 108 valence electrons. The zero-order valence-electron chi connectivity index (χ0n) is 11.8. The molecule has 0 radical (unpaired) electrons. The van der Waals surface area contributed by atoms with Crippen LogP contribution in [0.3, 0.4) is 0 Å². The van der Waals surface area contributed by atoms with Crippen LogP contribution in [0, 0.1) is 10.1 Å². The number of rotatable bonds is 7. The Bertz CT molecular complexity index is 504. The molecule has 0 fully saturated rings. The molecule has 0 aliphatic carbocycles. The van der Waals surface area contributed by atoms with E-state index < -0.39 is 10.8 Å². The summed E-state index contributed by atoms with van der Waals surface area (Å²) in [6.45, 7) is 4.10. The van der Waals surface area contributed by atoms with Crippen LogP contribution in [0.5, 0.6) is 0 Å². The zero-order valence-corrected chi connectivity index (χ0v) is 11.8. The number of amides is 1. The maximum absolute atomic E-state index is 11.9.